The molecule has 0 spiro atoms. The van der Waals surface area contributed by atoms with Crippen LogP contribution >= 0.6 is 0 Å². The molecule has 1 heterocycles. The van der Waals surface area contributed by atoms with Crippen LogP contribution in [0.3, 0.4) is 0 Å². The number of para-hydroxylation sites is 1. The first kappa shape index (κ1) is 7.62. The van der Waals surface area contributed by atoms with Gasteiger partial charge in [0.1, 0.15) is 0 Å². The molecule has 1 atom stereocenters. The maximum Gasteiger partial charge on any atom is 0.0755 e. The van der Waals surface area contributed by atoms with Crippen molar-refractivity contribution in [3.05, 3.63) is 29.8 Å². The molecule has 1 N–H and O–H groups in total. The van der Waals surface area contributed by atoms with E-state index < -0.39 is 0 Å². The fourth-order valence-electron chi connectivity index (χ4n) is 1.79. The van der Waals surface area contributed by atoms with Gasteiger partial charge < -0.3 is 10.0 Å². The topological polar surface area (TPSA) is 23.5 Å². The Balaban J connectivity index is 2.40. The summed E-state index contributed by atoms with van der Waals surface area (Å²) < 4.78 is 0. The van der Waals surface area contributed by atoms with E-state index in [9.17, 15) is 5.11 Å². The lowest BCUT2D eigenvalue weighted by Crippen LogP contribution is -2.35. The first-order valence-electron chi connectivity index (χ1n) is 4.24. The van der Waals surface area contributed by atoms with Crippen molar-refractivity contribution in [3.8, 4) is 0 Å². The molecule has 2 nitrogen and oxygen atoms in total. The molecule has 2 heteroatoms. The minimum Gasteiger partial charge on any atom is -0.391 e. The Morgan fingerprint density at radius 2 is 2.17 bits per heavy atom. The molecule has 0 fully saturated rings. The van der Waals surface area contributed by atoms with Crippen LogP contribution in [0.15, 0.2) is 24.3 Å². The minimum atomic E-state index is -0.204. The highest BCUT2D eigenvalue weighted by Crippen LogP contribution is 2.24. The van der Waals surface area contributed by atoms with Gasteiger partial charge in [0.05, 0.1) is 6.10 Å². The number of nitrogens with zero attached hydrogens (tertiary/aromatic N) is 1. The van der Waals surface area contributed by atoms with E-state index in [1.54, 1.807) is 0 Å². The highest BCUT2D eigenvalue weighted by molar-refractivity contribution is 5.55. The van der Waals surface area contributed by atoms with Crippen LogP contribution in [0.4, 0.5) is 5.69 Å². The van der Waals surface area contributed by atoms with Crippen molar-refractivity contribution in [1.29, 1.82) is 0 Å². The Morgan fingerprint density at radius 3 is 3.00 bits per heavy atom. The van der Waals surface area contributed by atoms with Crippen LogP contribution in [0.1, 0.15) is 5.56 Å². The Hall–Kier alpha value is -1.02. The summed E-state index contributed by atoms with van der Waals surface area (Å²) in [6, 6.07) is 8.23. The van der Waals surface area contributed by atoms with Crippen LogP contribution in [0.5, 0.6) is 0 Å². The molecule has 0 radical (unpaired) electrons. The molecule has 64 valence electrons. The Morgan fingerprint density at radius 1 is 1.42 bits per heavy atom. The molecule has 0 bridgehead atoms. The third kappa shape index (κ3) is 1.18. The number of anilines is 1. The monoisotopic (exact) mass is 163 g/mol. The van der Waals surface area contributed by atoms with E-state index in [1.807, 2.05) is 19.2 Å². The molecule has 1 unspecified atom stereocenters. The van der Waals surface area contributed by atoms with E-state index >= 15 is 0 Å². The fraction of sp³-hybridized carbons (Fsp3) is 0.400. The summed E-state index contributed by atoms with van der Waals surface area (Å²) in [4.78, 5) is 2.10. The van der Waals surface area contributed by atoms with Crippen LogP contribution in [-0.2, 0) is 6.42 Å². The second-order valence-electron chi connectivity index (χ2n) is 3.37. The summed E-state index contributed by atoms with van der Waals surface area (Å²) in [6.07, 6.45) is 0.588. The normalized spacial score (nSPS) is 22.2. The lowest BCUT2D eigenvalue weighted by molar-refractivity contribution is 0.177. The smallest absolute Gasteiger partial charge is 0.0755 e. The molecular formula is C10H13NO. The van der Waals surface area contributed by atoms with Gasteiger partial charge in [-0.25, -0.2) is 0 Å². The molecule has 1 aliphatic heterocycles. The maximum absolute atomic E-state index is 9.48. The van der Waals surface area contributed by atoms with Crippen molar-refractivity contribution >= 4 is 5.69 Å². The van der Waals surface area contributed by atoms with Crippen molar-refractivity contribution in [2.75, 3.05) is 18.5 Å². The number of rotatable bonds is 0. The largest absolute Gasteiger partial charge is 0.391 e. The summed E-state index contributed by atoms with van der Waals surface area (Å²) in [7, 11) is 2.02. The van der Waals surface area contributed by atoms with Gasteiger partial charge in [-0.2, -0.15) is 0 Å². The second kappa shape index (κ2) is 2.79. The Labute approximate surface area is 72.4 Å². The van der Waals surface area contributed by atoms with Gasteiger partial charge in [0.2, 0.25) is 0 Å². The zero-order valence-corrected chi connectivity index (χ0v) is 7.20. The number of benzene rings is 1. The SMILES string of the molecule is CN1CC(O)Cc2ccccc21. The maximum atomic E-state index is 9.48. The van der Waals surface area contributed by atoms with Crippen LogP contribution < -0.4 is 4.90 Å². The molecule has 1 aliphatic rings. The molecular weight excluding hydrogens is 150 g/mol. The van der Waals surface area contributed by atoms with Crippen LogP contribution in [-0.4, -0.2) is 24.8 Å². The van der Waals surface area contributed by atoms with Crippen molar-refractivity contribution < 1.29 is 5.11 Å². The quantitative estimate of drug-likeness (QED) is 0.617. The zero-order chi connectivity index (χ0) is 8.55. The average molecular weight is 163 g/mol. The Bertz CT molecular complexity index is 285. The summed E-state index contributed by atoms with van der Waals surface area (Å²) in [5, 5.41) is 9.48. The lowest BCUT2D eigenvalue weighted by Gasteiger charge is -2.30. The number of aliphatic hydroxyl groups is 1. The number of fused-ring (bicyclic) bond motifs is 1. The third-order valence-electron chi connectivity index (χ3n) is 2.34. The van der Waals surface area contributed by atoms with Gasteiger partial charge in [-0.05, 0) is 11.6 Å². The summed E-state index contributed by atoms with van der Waals surface area (Å²) in [5.74, 6) is 0. The summed E-state index contributed by atoms with van der Waals surface area (Å²) in [6.45, 7) is 0.747. The predicted molar refractivity (Wildman–Crippen MR) is 49.4 cm³/mol. The molecule has 0 aromatic heterocycles. The lowest BCUT2D eigenvalue weighted by atomic mass is 10.0. The van der Waals surface area contributed by atoms with E-state index in [1.165, 1.54) is 11.3 Å². The van der Waals surface area contributed by atoms with E-state index in [-0.39, 0.29) is 6.10 Å². The third-order valence-corrected chi connectivity index (χ3v) is 2.34. The number of hydrogen-bond acceptors (Lipinski definition) is 2. The fourth-order valence-corrected chi connectivity index (χ4v) is 1.79. The predicted octanol–water partition coefficient (Wildman–Crippen LogP) is 1.04. The van der Waals surface area contributed by atoms with Crippen molar-refractivity contribution in [2.45, 2.75) is 12.5 Å². The van der Waals surface area contributed by atoms with Gasteiger partial charge in [-0.15, -0.1) is 0 Å². The van der Waals surface area contributed by atoms with Crippen molar-refractivity contribution in [2.24, 2.45) is 0 Å². The molecule has 0 saturated carbocycles. The molecule has 12 heavy (non-hydrogen) atoms. The van der Waals surface area contributed by atoms with Gasteiger partial charge >= 0.3 is 0 Å². The first-order valence-corrected chi connectivity index (χ1v) is 4.24. The van der Waals surface area contributed by atoms with Gasteiger partial charge in [0.25, 0.3) is 0 Å². The first-order chi connectivity index (χ1) is 5.77. The second-order valence-corrected chi connectivity index (χ2v) is 3.37. The minimum absolute atomic E-state index is 0.204. The van der Waals surface area contributed by atoms with Crippen LogP contribution in [0.25, 0.3) is 0 Å². The highest BCUT2D eigenvalue weighted by atomic mass is 16.3. The molecule has 0 saturated heterocycles. The van der Waals surface area contributed by atoms with Gasteiger partial charge in [-0.1, -0.05) is 18.2 Å². The van der Waals surface area contributed by atoms with Crippen molar-refractivity contribution in [3.63, 3.8) is 0 Å². The van der Waals surface area contributed by atoms with Crippen molar-refractivity contribution in [1.82, 2.24) is 0 Å². The molecule has 2 rings (SSSR count). The highest BCUT2D eigenvalue weighted by Gasteiger charge is 2.18. The number of likely N-dealkylation sites (N-methyl/N-ethyl adjacent to an activating group) is 1. The standard InChI is InChI=1S/C10H13NO/c1-11-7-9(12)6-8-4-2-3-5-10(8)11/h2-5,9,12H,6-7H2,1H3. The van der Waals surface area contributed by atoms with E-state index in [0.29, 0.717) is 0 Å². The number of aliphatic hydroxyl groups excluding tert-OH is 1. The van der Waals surface area contributed by atoms with Gasteiger partial charge in [0, 0.05) is 25.7 Å². The molecule has 0 amide bonds. The molecule has 1 aromatic rings. The van der Waals surface area contributed by atoms with Gasteiger partial charge in [0.15, 0.2) is 0 Å². The zero-order valence-electron chi connectivity index (χ0n) is 7.20. The van der Waals surface area contributed by atoms with Crippen LogP contribution in [0.2, 0.25) is 0 Å². The van der Waals surface area contributed by atoms with E-state index in [4.69, 9.17) is 0 Å². The van der Waals surface area contributed by atoms with Crippen LogP contribution in [0, 0.1) is 0 Å². The van der Waals surface area contributed by atoms with E-state index in [0.717, 1.165) is 13.0 Å². The average Bonchev–Trinajstić information content (AvgIpc) is 2.04. The Kier molecular flexibility index (Phi) is 1.77. The number of β-amino-alcohol motifs (C(OH)–C–C–N with tert-alkyl or cyclic N) is 1. The summed E-state index contributed by atoms with van der Waals surface area (Å²) in [5.41, 5.74) is 2.50. The molecule has 1 aromatic carbocycles. The summed E-state index contributed by atoms with van der Waals surface area (Å²) >= 11 is 0. The van der Waals surface area contributed by atoms with Gasteiger partial charge in [-0.3, -0.25) is 0 Å². The van der Waals surface area contributed by atoms with E-state index in [2.05, 4.69) is 17.0 Å². The molecule has 0 aliphatic carbocycles. The number of hydrogen-bond donors (Lipinski definition) is 1.